The summed E-state index contributed by atoms with van der Waals surface area (Å²) in [5, 5.41) is 0. The van der Waals surface area contributed by atoms with Crippen LogP contribution in [-0.2, 0) is 13.1 Å². The van der Waals surface area contributed by atoms with Crippen LogP contribution in [0.1, 0.15) is 18.1 Å². The molecule has 1 heterocycles. The number of nitrogens with zero attached hydrogens (tertiary/aromatic N) is 2. The van der Waals surface area contributed by atoms with E-state index in [1.165, 1.54) is 11.1 Å². The maximum absolute atomic E-state index is 3.75. The highest BCUT2D eigenvalue weighted by Gasteiger charge is 2.02. The van der Waals surface area contributed by atoms with E-state index >= 15 is 0 Å². The average molecular weight is 213 g/mol. The summed E-state index contributed by atoms with van der Waals surface area (Å²) >= 11 is 0. The highest BCUT2D eigenvalue weighted by molar-refractivity contribution is 5.47. The molecule has 0 radical (unpaired) electrons. The first kappa shape index (κ1) is 10.7. The van der Waals surface area contributed by atoms with E-state index < -0.39 is 0 Å². The van der Waals surface area contributed by atoms with E-state index in [-0.39, 0.29) is 0 Å². The molecule has 0 amide bonds. The van der Waals surface area contributed by atoms with Gasteiger partial charge in [-0.15, -0.1) is 0 Å². The highest BCUT2D eigenvalue weighted by Crippen LogP contribution is 2.06. The van der Waals surface area contributed by atoms with Gasteiger partial charge in [0.2, 0.25) is 6.33 Å². The van der Waals surface area contributed by atoms with E-state index in [0.29, 0.717) is 0 Å². The molecule has 2 rings (SSSR count). The molecule has 0 N–H and O–H groups in total. The van der Waals surface area contributed by atoms with Crippen LogP contribution < -0.4 is 4.57 Å². The summed E-state index contributed by atoms with van der Waals surface area (Å²) in [7, 11) is 0. The van der Waals surface area contributed by atoms with Crippen LogP contribution in [0.25, 0.3) is 6.08 Å². The van der Waals surface area contributed by atoms with Gasteiger partial charge in [0.15, 0.2) is 0 Å². The Morgan fingerprint density at radius 3 is 2.62 bits per heavy atom. The first-order chi connectivity index (χ1) is 7.81. The van der Waals surface area contributed by atoms with Gasteiger partial charge in [0.25, 0.3) is 0 Å². The molecule has 0 unspecified atom stereocenters. The van der Waals surface area contributed by atoms with Crippen molar-refractivity contribution in [2.45, 2.75) is 20.0 Å². The maximum atomic E-state index is 3.75. The summed E-state index contributed by atoms with van der Waals surface area (Å²) in [4.78, 5) is 0. The number of aromatic nitrogens is 2. The van der Waals surface area contributed by atoms with Gasteiger partial charge in [0.05, 0.1) is 6.54 Å². The van der Waals surface area contributed by atoms with Crippen molar-refractivity contribution < 1.29 is 4.57 Å². The van der Waals surface area contributed by atoms with Crippen LogP contribution in [0.4, 0.5) is 0 Å². The largest absolute Gasteiger partial charge is 0.244 e. The Hall–Kier alpha value is -1.83. The maximum Gasteiger partial charge on any atom is 0.244 e. The van der Waals surface area contributed by atoms with E-state index in [2.05, 4.69) is 65.6 Å². The molecular weight excluding hydrogens is 196 g/mol. The van der Waals surface area contributed by atoms with Crippen LogP contribution in [0.2, 0.25) is 0 Å². The zero-order chi connectivity index (χ0) is 11.4. The monoisotopic (exact) mass is 213 g/mol. The summed E-state index contributed by atoms with van der Waals surface area (Å²) in [5.41, 5.74) is 2.48. The lowest BCUT2D eigenvalue weighted by Gasteiger charge is -1.98. The molecule has 0 atom stereocenters. The molecular formula is C14H17N2+. The molecule has 0 spiro atoms. The summed E-state index contributed by atoms with van der Waals surface area (Å²) in [6.45, 7) is 7.83. The molecule has 0 aliphatic heterocycles. The van der Waals surface area contributed by atoms with Gasteiger partial charge in [-0.2, -0.15) is 0 Å². The van der Waals surface area contributed by atoms with Gasteiger partial charge in [0, 0.05) is 0 Å². The van der Waals surface area contributed by atoms with Gasteiger partial charge in [-0.25, -0.2) is 9.13 Å². The molecule has 2 heteroatoms. The number of rotatable bonds is 4. The third-order valence-electron chi connectivity index (χ3n) is 2.69. The average Bonchev–Trinajstić information content (AvgIpc) is 2.78. The lowest BCUT2D eigenvalue weighted by molar-refractivity contribution is -0.693. The second kappa shape index (κ2) is 4.79. The minimum Gasteiger partial charge on any atom is -0.237 e. The molecule has 2 nitrogen and oxygen atoms in total. The van der Waals surface area contributed by atoms with Crippen molar-refractivity contribution in [1.82, 2.24) is 4.57 Å². The molecule has 0 fully saturated rings. The molecule has 0 saturated carbocycles. The second-order valence-corrected chi connectivity index (χ2v) is 3.86. The lowest BCUT2D eigenvalue weighted by Crippen LogP contribution is -2.28. The predicted molar refractivity (Wildman–Crippen MR) is 65.9 cm³/mol. The van der Waals surface area contributed by atoms with Gasteiger partial charge in [-0.3, -0.25) is 0 Å². The number of hydrogen-bond acceptors (Lipinski definition) is 0. The zero-order valence-electron chi connectivity index (χ0n) is 9.63. The standard InChI is InChI=1S/C14H17N2/c1-3-13-5-7-14(8-6-13)11-16-10-9-15(4-2)12-16/h3,5-10,12H,1,4,11H2,2H3/q+1. The van der Waals surface area contributed by atoms with Crippen molar-refractivity contribution in [3.8, 4) is 0 Å². The molecule has 0 saturated heterocycles. The fraction of sp³-hybridized carbons (Fsp3) is 0.214. The van der Waals surface area contributed by atoms with Gasteiger partial charge >= 0.3 is 0 Å². The fourth-order valence-electron chi connectivity index (χ4n) is 1.69. The molecule has 82 valence electrons. The highest BCUT2D eigenvalue weighted by atomic mass is 15.1. The van der Waals surface area contributed by atoms with Crippen LogP contribution >= 0.6 is 0 Å². The quantitative estimate of drug-likeness (QED) is 0.690. The minimum atomic E-state index is 0.921. The molecule has 0 aliphatic rings. The molecule has 0 aliphatic carbocycles. The van der Waals surface area contributed by atoms with Crippen molar-refractivity contribution >= 4 is 6.08 Å². The molecule has 0 bridgehead atoms. The Labute approximate surface area is 96.5 Å². The summed E-state index contributed by atoms with van der Waals surface area (Å²) in [6, 6.07) is 8.49. The number of hydrogen-bond donors (Lipinski definition) is 0. The summed E-state index contributed by atoms with van der Waals surface area (Å²) in [6.07, 6.45) is 8.19. The van der Waals surface area contributed by atoms with E-state index in [1.54, 1.807) is 0 Å². The van der Waals surface area contributed by atoms with Crippen LogP contribution in [0, 0.1) is 0 Å². The Balaban J connectivity index is 2.10. The van der Waals surface area contributed by atoms with Crippen molar-refractivity contribution in [3.63, 3.8) is 0 Å². The Bertz CT molecular complexity index is 466. The SMILES string of the molecule is C=Cc1ccc(Cn2cc[n+](CC)c2)cc1. The summed E-state index contributed by atoms with van der Waals surface area (Å²) in [5.74, 6) is 0. The van der Waals surface area contributed by atoms with E-state index in [0.717, 1.165) is 13.1 Å². The van der Waals surface area contributed by atoms with Crippen molar-refractivity contribution in [2.24, 2.45) is 0 Å². The Morgan fingerprint density at radius 2 is 2.06 bits per heavy atom. The fourth-order valence-corrected chi connectivity index (χ4v) is 1.69. The predicted octanol–water partition coefficient (Wildman–Crippen LogP) is 2.49. The van der Waals surface area contributed by atoms with Crippen molar-refractivity contribution in [3.05, 3.63) is 60.7 Å². The molecule has 1 aromatic heterocycles. The van der Waals surface area contributed by atoms with E-state index in [1.807, 2.05) is 6.08 Å². The first-order valence-corrected chi connectivity index (χ1v) is 5.58. The normalized spacial score (nSPS) is 10.3. The molecule has 16 heavy (non-hydrogen) atoms. The van der Waals surface area contributed by atoms with Crippen LogP contribution in [-0.4, -0.2) is 4.57 Å². The van der Waals surface area contributed by atoms with E-state index in [9.17, 15) is 0 Å². The van der Waals surface area contributed by atoms with Crippen molar-refractivity contribution in [1.29, 1.82) is 0 Å². The molecule has 2 aromatic rings. The molecule has 1 aromatic carbocycles. The van der Waals surface area contributed by atoms with E-state index in [4.69, 9.17) is 0 Å². The van der Waals surface area contributed by atoms with Gasteiger partial charge in [0.1, 0.15) is 18.9 Å². The smallest absolute Gasteiger partial charge is 0.237 e. The van der Waals surface area contributed by atoms with Crippen LogP contribution in [0.5, 0.6) is 0 Å². The van der Waals surface area contributed by atoms with Crippen molar-refractivity contribution in [2.75, 3.05) is 0 Å². The Kier molecular flexibility index (Phi) is 3.20. The third kappa shape index (κ3) is 2.40. The number of aryl methyl sites for hydroxylation is 1. The lowest BCUT2D eigenvalue weighted by atomic mass is 10.1. The van der Waals surface area contributed by atoms with Gasteiger partial charge in [-0.1, -0.05) is 36.9 Å². The summed E-state index contributed by atoms with van der Waals surface area (Å²) < 4.78 is 4.35. The van der Waals surface area contributed by atoms with Crippen LogP contribution in [0.3, 0.4) is 0 Å². The Morgan fingerprint density at radius 1 is 1.31 bits per heavy atom. The topological polar surface area (TPSA) is 8.81 Å². The van der Waals surface area contributed by atoms with Gasteiger partial charge < -0.3 is 0 Å². The first-order valence-electron chi connectivity index (χ1n) is 5.58. The second-order valence-electron chi connectivity index (χ2n) is 3.86. The number of benzene rings is 1. The van der Waals surface area contributed by atoms with Gasteiger partial charge in [-0.05, 0) is 18.1 Å². The zero-order valence-corrected chi connectivity index (χ0v) is 9.63. The van der Waals surface area contributed by atoms with Crippen LogP contribution in [0.15, 0.2) is 49.6 Å². The minimum absolute atomic E-state index is 0.921. The number of imidazole rings is 1. The third-order valence-corrected chi connectivity index (χ3v) is 2.69.